The highest BCUT2D eigenvalue weighted by molar-refractivity contribution is 6.33. The summed E-state index contributed by atoms with van der Waals surface area (Å²) in [4.78, 5) is 4.74. The molecular formula is C15H24ClN3. The Kier molecular flexibility index (Phi) is 5.08. The fraction of sp³-hybridized carbons (Fsp3) is 0.600. The van der Waals surface area contributed by atoms with Crippen molar-refractivity contribution in [3.8, 4) is 0 Å². The highest BCUT2D eigenvalue weighted by Gasteiger charge is 2.22. The van der Waals surface area contributed by atoms with E-state index in [0.717, 1.165) is 17.3 Å². The van der Waals surface area contributed by atoms with Crippen molar-refractivity contribution in [2.45, 2.75) is 25.4 Å². The summed E-state index contributed by atoms with van der Waals surface area (Å²) >= 11 is 6.43. The fourth-order valence-corrected chi connectivity index (χ4v) is 3.07. The summed E-state index contributed by atoms with van der Waals surface area (Å²) in [5, 5.41) is 4.01. The van der Waals surface area contributed by atoms with Crippen molar-refractivity contribution in [1.82, 2.24) is 10.2 Å². The Morgan fingerprint density at radius 2 is 2.05 bits per heavy atom. The monoisotopic (exact) mass is 281 g/mol. The number of nitrogens with one attached hydrogen (secondary N) is 1. The third-order valence-electron chi connectivity index (χ3n) is 4.01. The van der Waals surface area contributed by atoms with E-state index in [0.29, 0.717) is 6.04 Å². The quantitative estimate of drug-likeness (QED) is 0.915. The average molecular weight is 282 g/mol. The molecule has 2 rings (SSSR count). The van der Waals surface area contributed by atoms with E-state index < -0.39 is 0 Å². The van der Waals surface area contributed by atoms with Crippen LogP contribution in [0, 0.1) is 0 Å². The minimum atomic E-state index is 0.601. The molecule has 0 amide bonds. The van der Waals surface area contributed by atoms with Gasteiger partial charge in [-0.2, -0.15) is 0 Å². The van der Waals surface area contributed by atoms with Crippen molar-refractivity contribution in [3.63, 3.8) is 0 Å². The number of piperidine rings is 1. The summed E-state index contributed by atoms with van der Waals surface area (Å²) in [5.74, 6) is 0. The minimum absolute atomic E-state index is 0.601. The maximum absolute atomic E-state index is 6.43. The number of nitrogens with zero attached hydrogens (tertiary/aromatic N) is 2. The number of hydrogen-bond acceptors (Lipinski definition) is 3. The molecule has 19 heavy (non-hydrogen) atoms. The van der Waals surface area contributed by atoms with Crippen LogP contribution in [0.2, 0.25) is 5.02 Å². The Morgan fingerprint density at radius 3 is 2.63 bits per heavy atom. The lowest BCUT2D eigenvalue weighted by molar-refractivity contribution is 0.253. The number of anilines is 1. The Bertz CT molecular complexity index is 414. The summed E-state index contributed by atoms with van der Waals surface area (Å²) in [7, 11) is 6.30. The number of halogens is 1. The summed E-state index contributed by atoms with van der Waals surface area (Å²) in [6.45, 7) is 3.20. The third-order valence-corrected chi connectivity index (χ3v) is 4.31. The number of likely N-dealkylation sites (tertiary alicyclic amines) is 1. The van der Waals surface area contributed by atoms with Gasteiger partial charge in [-0.15, -0.1) is 0 Å². The molecule has 0 spiro atoms. The molecule has 0 saturated carbocycles. The molecule has 1 N–H and O–H groups in total. The van der Waals surface area contributed by atoms with Crippen molar-refractivity contribution < 1.29 is 0 Å². The zero-order valence-corrected chi connectivity index (χ0v) is 12.9. The summed E-state index contributed by atoms with van der Waals surface area (Å²) in [6.07, 6.45) is 2.42. The number of benzene rings is 1. The second kappa shape index (κ2) is 6.60. The van der Waals surface area contributed by atoms with Crippen LogP contribution in [0.15, 0.2) is 18.2 Å². The second-order valence-electron chi connectivity index (χ2n) is 5.46. The maximum Gasteiger partial charge on any atom is 0.0642 e. The standard InChI is InChI=1S/C15H24ClN3/c1-17-11-12-4-5-15(14(16)10-12)19(3)13-6-8-18(2)9-7-13/h4-5,10,13,17H,6-9,11H2,1-3H3. The molecule has 1 aromatic rings. The van der Waals surface area contributed by atoms with Gasteiger partial charge in [0.2, 0.25) is 0 Å². The Balaban J connectivity index is 2.08. The highest BCUT2D eigenvalue weighted by Crippen LogP contribution is 2.29. The van der Waals surface area contributed by atoms with Crippen LogP contribution < -0.4 is 10.2 Å². The van der Waals surface area contributed by atoms with E-state index in [2.05, 4.69) is 47.4 Å². The Hall–Kier alpha value is -0.770. The molecule has 0 unspecified atom stereocenters. The highest BCUT2D eigenvalue weighted by atomic mass is 35.5. The lowest BCUT2D eigenvalue weighted by Gasteiger charge is -2.36. The van der Waals surface area contributed by atoms with Gasteiger partial charge in [-0.3, -0.25) is 0 Å². The van der Waals surface area contributed by atoms with Gasteiger partial charge in [-0.25, -0.2) is 0 Å². The van der Waals surface area contributed by atoms with Crippen molar-refractivity contribution >= 4 is 17.3 Å². The van der Waals surface area contributed by atoms with Gasteiger partial charge in [-0.1, -0.05) is 17.7 Å². The van der Waals surface area contributed by atoms with Gasteiger partial charge in [0.1, 0.15) is 0 Å². The lowest BCUT2D eigenvalue weighted by atomic mass is 10.0. The maximum atomic E-state index is 6.43. The zero-order chi connectivity index (χ0) is 13.8. The summed E-state index contributed by atoms with van der Waals surface area (Å²) in [6, 6.07) is 6.97. The Labute approximate surface area is 121 Å². The molecule has 0 aromatic heterocycles. The summed E-state index contributed by atoms with van der Waals surface area (Å²) < 4.78 is 0. The van der Waals surface area contributed by atoms with Gasteiger partial charge in [0.05, 0.1) is 10.7 Å². The normalized spacial score (nSPS) is 17.7. The van der Waals surface area contributed by atoms with Crippen LogP contribution in [-0.2, 0) is 6.54 Å². The van der Waals surface area contributed by atoms with Gasteiger partial charge >= 0.3 is 0 Å². The Morgan fingerprint density at radius 1 is 1.37 bits per heavy atom. The predicted octanol–water partition coefficient (Wildman–Crippen LogP) is 2.59. The molecule has 1 aromatic carbocycles. The van der Waals surface area contributed by atoms with E-state index in [-0.39, 0.29) is 0 Å². The molecule has 106 valence electrons. The van der Waals surface area contributed by atoms with Crippen LogP contribution in [0.5, 0.6) is 0 Å². The van der Waals surface area contributed by atoms with Crippen molar-refractivity contribution in [3.05, 3.63) is 28.8 Å². The van der Waals surface area contributed by atoms with Gasteiger partial charge in [-0.05, 0) is 57.7 Å². The van der Waals surface area contributed by atoms with Crippen molar-refractivity contribution in [2.24, 2.45) is 0 Å². The van der Waals surface area contributed by atoms with Crippen LogP contribution in [0.25, 0.3) is 0 Å². The molecule has 0 atom stereocenters. The molecule has 1 fully saturated rings. The second-order valence-corrected chi connectivity index (χ2v) is 5.87. The first kappa shape index (κ1) is 14.6. The van der Waals surface area contributed by atoms with E-state index in [1.807, 2.05) is 7.05 Å². The molecule has 3 nitrogen and oxygen atoms in total. The molecule has 0 aliphatic carbocycles. The van der Waals surface area contributed by atoms with E-state index >= 15 is 0 Å². The minimum Gasteiger partial charge on any atom is -0.370 e. The van der Waals surface area contributed by atoms with E-state index in [4.69, 9.17) is 11.6 Å². The van der Waals surface area contributed by atoms with E-state index in [1.54, 1.807) is 0 Å². The number of rotatable bonds is 4. The van der Waals surface area contributed by atoms with Gasteiger partial charge in [0.15, 0.2) is 0 Å². The van der Waals surface area contributed by atoms with Crippen LogP contribution in [0.1, 0.15) is 18.4 Å². The van der Waals surface area contributed by atoms with E-state index in [9.17, 15) is 0 Å². The fourth-order valence-electron chi connectivity index (χ4n) is 2.73. The SMILES string of the molecule is CNCc1ccc(N(C)C2CCN(C)CC2)c(Cl)c1. The lowest BCUT2D eigenvalue weighted by Crippen LogP contribution is -2.42. The van der Waals surface area contributed by atoms with Gasteiger partial charge in [0.25, 0.3) is 0 Å². The van der Waals surface area contributed by atoms with Gasteiger partial charge < -0.3 is 15.1 Å². The molecule has 1 aliphatic rings. The smallest absolute Gasteiger partial charge is 0.0642 e. The average Bonchev–Trinajstić information content (AvgIpc) is 2.39. The van der Waals surface area contributed by atoms with Crippen molar-refractivity contribution in [1.29, 1.82) is 0 Å². The van der Waals surface area contributed by atoms with E-state index in [1.165, 1.54) is 31.5 Å². The number of hydrogen-bond donors (Lipinski definition) is 1. The third kappa shape index (κ3) is 3.62. The van der Waals surface area contributed by atoms with Crippen LogP contribution in [0.3, 0.4) is 0 Å². The largest absolute Gasteiger partial charge is 0.370 e. The zero-order valence-electron chi connectivity index (χ0n) is 12.1. The summed E-state index contributed by atoms with van der Waals surface area (Å²) in [5.41, 5.74) is 2.38. The first-order valence-electron chi connectivity index (χ1n) is 6.96. The molecule has 4 heteroatoms. The molecule has 0 radical (unpaired) electrons. The predicted molar refractivity (Wildman–Crippen MR) is 83.1 cm³/mol. The van der Waals surface area contributed by atoms with Crippen molar-refractivity contribution in [2.75, 3.05) is 39.1 Å². The van der Waals surface area contributed by atoms with Crippen LogP contribution in [0.4, 0.5) is 5.69 Å². The van der Waals surface area contributed by atoms with Gasteiger partial charge in [0, 0.05) is 19.6 Å². The first-order valence-corrected chi connectivity index (χ1v) is 7.34. The molecule has 1 heterocycles. The molecular weight excluding hydrogens is 258 g/mol. The topological polar surface area (TPSA) is 18.5 Å². The molecule has 1 aliphatic heterocycles. The van der Waals surface area contributed by atoms with Crippen LogP contribution in [-0.4, -0.2) is 45.2 Å². The van der Waals surface area contributed by atoms with Crippen LogP contribution >= 0.6 is 11.6 Å². The first-order chi connectivity index (χ1) is 9.11. The molecule has 1 saturated heterocycles. The molecule has 0 bridgehead atoms.